The first-order chi connectivity index (χ1) is 6.76. The SMILES string of the molecule is C=CCCC(Cc1csc(C)n1)NC. The number of thiazole rings is 1. The van der Waals surface area contributed by atoms with Crippen LogP contribution >= 0.6 is 11.3 Å². The fourth-order valence-corrected chi connectivity index (χ4v) is 2.05. The Hall–Kier alpha value is -0.670. The highest BCUT2D eigenvalue weighted by Crippen LogP contribution is 2.11. The van der Waals surface area contributed by atoms with E-state index in [9.17, 15) is 0 Å². The van der Waals surface area contributed by atoms with Crippen LogP contribution in [0, 0.1) is 6.92 Å². The number of rotatable bonds is 6. The zero-order valence-electron chi connectivity index (χ0n) is 8.92. The predicted molar refractivity (Wildman–Crippen MR) is 62.8 cm³/mol. The molecule has 0 aliphatic heterocycles. The van der Waals surface area contributed by atoms with E-state index < -0.39 is 0 Å². The van der Waals surface area contributed by atoms with Gasteiger partial charge in [0.2, 0.25) is 0 Å². The Kier molecular flexibility index (Phi) is 4.84. The average Bonchev–Trinajstić information content (AvgIpc) is 2.58. The summed E-state index contributed by atoms with van der Waals surface area (Å²) >= 11 is 1.72. The van der Waals surface area contributed by atoms with E-state index in [1.807, 2.05) is 20.0 Å². The second-order valence-electron chi connectivity index (χ2n) is 3.41. The molecular formula is C11H18N2S. The number of nitrogens with zero attached hydrogens (tertiary/aromatic N) is 1. The third kappa shape index (κ3) is 3.60. The molecular weight excluding hydrogens is 192 g/mol. The van der Waals surface area contributed by atoms with Crippen molar-refractivity contribution in [2.45, 2.75) is 32.2 Å². The number of aromatic nitrogens is 1. The van der Waals surface area contributed by atoms with E-state index in [-0.39, 0.29) is 0 Å². The van der Waals surface area contributed by atoms with E-state index in [0.29, 0.717) is 6.04 Å². The minimum atomic E-state index is 0.523. The summed E-state index contributed by atoms with van der Waals surface area (Å²) in [7, 11) is 2.01. The van der Waals surface area contributed by atoms with E-state index in [4.69, 9.17) is 0 Å². The van der Waals surface area contributed by atoms with Crippen molar-refractivity contribution in [2.75, 3.05) is 7.05 Å². The Morgan fingerprint density at radius 2 is 2.50 bits per heavy atom. The van der Waals surface area contributed by atoms with Crippen LogP contribution in [0.4, 0.5) is 0 Å². The predicted octanol–water partition coefficient (Wildman–Crippen LogP) is 2.55. The number of hydrogen-bond acceptors (Lipinski definition) is 3. The quantitative estimate of drug-likeness (QED) is 0.730. The van der Waals surface area contributed by atoms with Crippen LogP contribution in [0.5, 0.6) is 0 Å². The maximum atomic E-state index is 4.46. The van der Waals surface area contributed by atoms with E-state index in [0.717, 1.165) is 24.3 Å². The van der Waals surface area contributed by atoms with Gasteiger partial charge in [0, 0.05) is 17.8 Å². The molecule has 3 heteroatoms. The minimum absolute atomic E-state index is 0.523. The molecule has 14 heavy (non-hydrogen) atoms. The van der Waals surface area contributed by atoms with Crippen LogP contribution in [0.2, 0.25) is 0 Å². The Labute approximate surface area is 90.1 Å². The monoisotopic (exact) mass is 210 g/mol. The summed E-state index contributed by atoms with van der Waals surface area (Å²) in [6, 6.07) is 0.523. The molecule has 2 nitrogen and oxygen atoms in total. The van der Waals surface area contributed by atoms with Gasteiger partial charge in [0.05, 0.1) is 10.7 Å². The second-order valence-corrected chi connectivity index (χ2v) is 4.48. The highest BCUT2D eigenvalue weighted by atomic mass is 32.1. The van der Waals surface area contributed by atoms with Gasteiger partial charge >= 0.3 is 0 Å². The molecule has 1 aromatic rings. The summed E-state index contributed by atoms with van der Waals surface area (Å²) in [6.45, 7) is 5.78. The molecule has 0 spiro atoms. The van der Waals surface area contributed by atoms with Crippen molar-refractivity contribution in [3.05, 3.63) is 28.7 Å². The zero-order valence-corrected chi connectivity index (χ0v) is 9.73. The standard InChI is InChI=1S/C11H18N2S/c1-4-5-6-10(12-3)7-11-8-14-9(2)13-11/h4,8,10,12H,1,5-7H2,2-3H3. The number of allylic oxidation sites excluding steroid dienone is 1. The summed E-state index contributed by atoms with van der Waals surface area (Å²) in [4.78, 5) is 4.46. The van der Waals surface area contributed by atoms with Crippen LogP contribution in [0.1, 0.15) is 23.5 Å². The molecule has 1 unspecified atom stereocenters. The molecule has 78 valence electrons. The molecule has 1 heterocycles. The van der Waals surface area contributed by atoms with Gasteiger partial charge in [-0.05, 0) is 26.8 Å². The van der Waals surface area contributed by atoms with Crippen molar-refractivity contribution in [2.24, 2.45) is 0 Å². The number of likely N-dealkylation sites (N-methyl/N-ethyl adjacent to an activating group) is 1. The average molecular weight is 210 g/mol. The lowest BCUT2D eigenvalue weighted by molar-refractivity contribution is 0.520. The van der Waals surface area contributed by atoms with Gasteiger partial charge in [0.1, 0.15) is 0 Å². The molecule has 0 aliphatic rings. The Balaban J connectivity index is 2.43. The summed E-state index contributed by atoms with van der Waals surface area (Å²) in [5.74, 6) is 0. The van der Waals surface area contributed by atoms with Crippen molar-refractivity contribution in [3.8, 4) is 0 Å². The lowest BCUT2D eigenvalue weighted by atomic mass is 10.1. The number of hydrogen-bond donors (Lipinski definition) is 1. The van der Waals surface area contributed by atoms with E-state index >= 15 is 0 Å². The van der Waals surface area contributed by atoms with Crippen molar-refractivity contribution in [1.82, 2.24) is 10.3 Å². The van der Waals surface area contributed by atoms with E-state index in [1.54, 1.807) is 11.3 Å². The van der Waals surface area contributed by atoms with E-state index in [2.05, 4.69) is 22.3 Å². The molecule has 0 bridgehead atoms. The van der Waals surface area contributed by atoms with Crippen molar-refractivity contribution >= 4 is 11.3 Å². The normalized spacial score (nSPS) is 12.7. The van der Waals surface area contributed by atoms with Gasteiger partial charge in [0.25, 0.3) is 0 Å². The molecule has 0 fully saturated rings. The van der Waals surface area contributed by atoms with Gasteiger partial charge in [-0.1, -0.05) is 6.08 Å². The Morgan fingerprint density at radius 1 is 1.71 bits per heavy atom. The molecule has 0 radical (unpaired) electrons. The first-order valence-electron chi connectivity index (χ1n) is 4.95. The Bertz CT molecular complexity index is 281. The third-order valence-electron chi connectivity index (χ3n) is 2.25. The molecule has 0 saturated carbocycles. The molecule has 1 N–H and O–H groups in total. The van der Waals surface area contributed by atoms with Crippen LogP contribution in [-0.4, -0.2) is 18.1 Å². The van der Waals surface area contributed by atoms with Crippen molar-refractivity contribution in [1.29, 1.82) is 0 Å². The summed E-state index contributed by atoms with van der Waals surface area (Å²) in [5.41, 5.74) is 1.20. The molecule has 0 aliphatic carbocycles. The van der Waals surface area contributed by atoms with Crippen LogP contribution in [0.3, 0.4) is 0 Å². The number of aryl methyl sites for hydroxylation is 1. The van der Waals surface area contributed by atoms with Crippen molar-refractivity contribution in [3.63, 3.8) is 0 Å². The van der Waals surface area contributed by atoms with Crippen LogP contribution in [0.25, 0.3) is 0 Å². The topological polar surface area (TPSA) is 24.9 Å². The second kappa shape index (κ2) is 5.94. The van der Waals surface area contributed by atoms with Crippen LogP contribution < -0.4 is 5.32 Å². The maximum absolute atomic E-state index is 4.46. The fourth-order valence-electron chi connectivity index (χ4n) is 1.42. The fraction of sp³-hybridized carbons (Fsp3) is 0.545. The molecule has 0 aromatic carbocycles. The first-order valence-corrected chi connectivity index (χ1v) is 5.83. The van der Waals surface area contributed by atoms with Crippen molar-refractivity contribution < 1.29 is 0 Å². The van der Waals surface area contributed by atoms with Gasteiger partial charge in [-0.2, -0.15) is 0 Å². The van der Waals surface area contributed by atoms with Gasteiger partial charge < -0.3 is 5.32 Å². The van der Waals surface area contributed by atoms with Gasteiger partial charge in [-0.15, -0.1) is 17.9 Å². The zero-order chi connectivity index (χ0) is 10.4. The Morgan fingerprint density at radius 3 is 3.00 bits per heavy atom. The summed E-state index contributed by atoms with van der Waals surface area (Å²) < 4.78 is 0. The third-order valence-corrected chi connectivity index (χ3v) is 3.07. The molecule has 1 aromatic heterocycles. The first kappa shape index (κ1) is 11.4. The molecule has 1 atom stereocenters. The number of nitrogens with one attached hydrogen (secondary N) is 1. The minimum Gasteiger partial charge on any atom is -0.317 e. The highest BCUT2D eigenvalue weighted by molar-refractivity contribution is 7.09. The van der Waals surface area contributed by atoms with Gasteiger partial charge in [0.15, 0.2) is 0 Å². The van der Waals surface area contributed by atoms with Gasteiger partial charge in [-0.25, -0.2) is 4.98 Å². The molecule has 1 rings (SSSR count). The molecule has 0 saturated heterocycles. The lowest BCUT2D eigenvalue weighted by Crippen LogP contribution is -2.27. The van der Waals surface area contributed by atoms with Crippen LogP contribution in [-0.2, 0) is 6.42 Å². The smallest absolute Gasteiger partial charge is 0.0897 e. The molecule has 0 amide bonds. The van der Waals surface area contributed by atoms with Gasteiger partial charge in [-0.3, -0.25) is 0 Å². The lowest BCUT2D eigenvalue weighted by Gasteiger charge is -2.13. The van der Waals surface area contributed by atoms with Crippen LogP contribution in [0.15, 0.2) is 18.0 Å². The summed E-state index contributed by atoms with van der Waals surface area (Å²) in [6.07, 6.45) is 5.19. The summed E-state index contributed by atoms with van der Waals surface area (Å²) in [5, 5.41) is 6.61. The maximum Gasteiger partial charge on any atom is 0.0897 e. The largest absolute Gasteiger partial charge is 0.317 e. The van der Waals surface area contributed by atoms with E-state index in [1.165, 1.54) is 5.69 Å². The highest BCUT2D eigenvalue weighted by Gasteiger charge is 2.08.